The van der Waals surface area contributed by atoms with Crippen molar-refractivity contribution in [1.82, 2.24) is 9.38 Å². The molecule has 0 saturated heterocycles. The highest BCUT2D eigenvalue weighted by atomic mass is 127. The smallest absolute Gasteiger partial charge is 0.156 e. The predicted octanol–water partition coefficient (Wildman–Crippen LogP) is 2.59. The van der Waals surface area contributed by atoms with Gasteiger partial charge < -0.3 is 4.40 Å². The van der Waals surface area contributed by atoms with Gasteiger partial charge in [-0.2, -0.15) is 0 Å². The van der Waals surface area contributed by atoms with E-state index in [1.165, 1.54) is 0 Å². The third kappa shape index (κ3) is 1.12. The Morgan fingerprint density at radius 1 is 1.45 bits per heavy atom. The molecule has 0 aliphatic heterocycles. The Morgan fingerprint density at radius 2 is 2.27 bits per heavy atom. The molecular formula is C7H4ClIN2. The van der Waals surface area contributed by atoms with Gasteiger partial charge in [-0.15, -0.1) is 0 Å². The van der Waals surface area contributed by atoms with Gasteiger partial charge in [0.1, 0.15) is 0 Å². The summed E-state index contributed by atoms with van der Waals surface area (Å²) in [5, 5.41) is 0.720. The molecule has 56 valence electrons. The molecule has 2 nitrogen and oxygen atoms in total. The second kappa shape index (κ2) is 2.64. The minimum Gasteiger partial charge on any atom is -0.306 e. The summed E-state index contributed by atoms with van der Waals surface area (Å²) in [4.78, 5) is 4.11. The number of nitrogens with zero attached hydrogens (tertiary/aromatic N) is 2. The van der Waals surface area contributed by atoms with Crippen LogP contribution in [-0.4, -0.2) is 9.38 Å². The lowest BCUT2D eigenvalue weighted by Gasteiger charge is -1.97. The van der Waals surface area contributed by atoms with E-state index in [0.29, 0.717) is 0 Å². The van der Waals surface area contributed by atoms with Gasteiger partial charge in [0.2, 0.25) is 0 Å². The van der Waals surface area contributed by atoms with Gasteiger partial charge >= 0.3 is 0 Å². The van der Waals surface area contributed by atoms with Gasteiger partial charge in [-0.05, 0) is 28.7 Å². The SMILES string of the molecule is Clc1c(I)ccn2ccnc12. The molecule has 2 rings (SSSR count). The van der Waals surface area contributed by atoms with Crippen molar-refractivity contribution in [3.05, 3.63) is 33.2 Å². The maximum Gasteiger partial charge on any atom is 0.156 e. The Bertz CT molecular complexity index is 396. The monoisotopic (exact) mass is 278 g/mol. The summed E-state index contributed by atoms with van der Waals surface area (Å²) >= 11 is 8.16. The third-order valence-corrected chi connectivity index (χ3v) is 3.05. The molecule has 0 fully saturated rings. The van der Waals surface area contributed by atoms with E-state index in [-0.39, 0.29) is 0 Å². The van der Waals surface area contributed by atoms with Crippen LogP contribution in [0.4, 0.5) is 0 Å². The number of halogens is 2. The van der Waals surface area contributed by atoms with Gasteiger partial charge in [0.15, 0.2) is 5.65 Å². The Labute approximate surface area is 82.3 Å². The fourth-order valence-corrected chi connectivity index (χ4v) is 1.54. The minimum atomic E-state index is 0.720. The van der Waals surface area contributed by atoms with Crippen molar-refractivity contribution in [1.29, 1.82) is 0 Å². The first-order chi connectivity index (χ1) is 5.29. The van der Waals surface area contributed by atoms with E-state index in [2.05, 4.69) is 27.6 Å². The molecular weight excluding hydrogens is 274 g/mol. The van der Waals surface area contributed by atoms with E-state index in [9.17, 15) is 0 Å². The average Bonchev–Trinajstić information content (AvgIpc) is 2.45. The Kier molecular flexibility index (Phi) is 1.77. The quantitative estimate of drug-likeness (QED) is 0.677. The summed E-state index contributed by atoms with van der Waals surface area (Å²) in [6.07, 6.45) is 5.55. The van der Waals surface area contributed by atoms with Crippen LogP contribution < -0.4 is 0 Å². The lowest BCUT2D eigenvalue weighted by atomic mass is 10.5. The van der Waals surface area contributed by atoms with Crippen LogP contribution in [-0.2, 0) is 0 Å². The van der Waals surface area contributed by atoms with Crippen LogP contribution in [0, 0.1) is 3.57 Å². The van der Waals surface area contributed by atoms with Crippen molar-refractivity contribution in [2.24, 2.45) is 0 Å². The van der Waals surface area contributed by atoms with E-state index < -0.39 is 0 Å². The maximum atomic E-state index is 5.98. The molecule has 0 bridgehead atoms. The van der Waals surface area contributed by atoms with Gasteiger partial charge in [0.25, 0.3) is 0 Å². The number of imidazole rings is 1. The summed E-state index contributed by atoms with van der Waals surface area (Å²) in [7, 11) is 0. The number of fused-ring (bicyclic) bond motifs is 1. The van der Waals surface area contributed by atoms with Gasteiger partial charge in [-0.3, -0.25) is 0 Å². The number of hydrogen-bond donors (Lipinski definition) is 0. The zero-order chi connectivity index (χ0) is 7.84. The minimum absolute atomic E-state index is 0.720. The molecule has 4 heteroatoms. The molecule has 0 saturated carbocycles. The number of aromatic nitrogens is 2. The third-order valence-electron chi connectivity index (χ3n) is 1.46. The van der Waals surface area contributed by atoms with Crippen LogP contribution in [0.3, 0.4) is 0 Å². The van der Waals surface area contributed by atoms with Crippen molar-refractivity contribution in [3.63, 3.8) is 0 Å². The maximum absolute atomic E-state index is 5.98. The highest BCUT2D eigenvalue weighted by Crippen LogP contribution is 2.21. The summed E-state index contributed by atoms with van der Waals surface area (Å²) < 4.78 is 2.92. The van der Waals surface area contributed by atoms with Crippen molar-refractivity contribution < 1.29 is 0 Å². The van der Waals surface area contributed by atoms with Gasteiger partial charge in [-0.1, -0.05) is 11.6 Å². The highest BCUT2D eigenvalue weighted by Gasteiger charge is 2.02. The van der Waals surface area contributed by atoms with Crippen LogP contribution >= 0.6 is 34.2 Å². The first-order valence-corrected chi connectivity index (χ1v) is 4.51. The molecule has 0 aromatic carbocycles. The second-order valence-corrected chi connectivity index (χ2v) is 3.68. The van der Waals surface area contributed by atoms with E-state index in [1.807, 2.05) is 22.9 Å². The van der Waals surface area contributed by atoms with Gasteiger partial charge in [-0.25, -0.2) is 4.98 Å². The summed E-state index contributed by atoms with van der Waals surface area (Å²) in [6, 6.07) is 1.96. The molecule has 2 aromatic rings. The van der Waals surface area contributed by atoms with Gasteiger partial charge in [0.05, 0.1) is 5.02 Å². The molecule has 2 aromatic heterocycles. The van der Waals surface area contributed by atoms with Crippen molar-refractivity contribution in [2.75, 3.05) is 0 Å². The zero-order valence-electron chi connectivity index (χ0n) is 5.46. The molecule has 0 aliphatic carbocycles. The van der Waals surface area contributed by atoms with E-state index in [0.717, 1.165) is 14.2 Å². The predicted molar refractivity (Wildman–Crippen MR) is 52.9 cm³/mol. The van der Waals surface area contributed by atoms with Crippen molar-refractivity contribution in [3.8, 4) is 0 Å². The first kappa shape index (κ1) is 7.36. The zero-order valence-corrected chi connectivity index (χ0v) is 8.37. The van der Waals surface area contributed by atoms with Crippen LogP contribution in [0.1, 0.15) is 0 Å². The fraction of sp³-hybridized carbons (Fsp3) is 0. The second-order valence-electron chi connectivity index (χ2n) is 2.14. The molecule has 11 heavy (non-hydrogen) atoms. The summed E-state index contributed by atoms with van der Waals surface area (Å²) in [5.41, 5.74) is 0.818. The Hall–Kier alpha value is -0.290. The van der Waals surface area contributed by atoms with Crippen LogP contribution in [0.15, 0.2) is 24.7 Å². The Balaban J connectivity index is 2.93. The van der Waals surface area contributed by atoms with E-state index >= 15 is 0 Å². The molecule has 0 spiro atoms. The average molecular weight is 278 g/mol. The number of hydrogen-bond acceptors (Lipinski definition) is 1. The molecule has 0 unspecified atom stereocenters. The first-order valence-electron chi connectivity index (χ1n) is 3.06. The largest absolute Gasteiger partial charge is 0.306 e. The molecule has 0 atom stereocenters. The lowest BCUT2D eigenvalue weighted by molar-refractivity contribution is 1.18. The van der Waals surface area contributed by atoms with Crippen LogP contribution in [0.5, 0.6) is 0 Å². The van der Waals surface area contributed by atoms with E-state index in [1.54, 1.807) is 6.20 Å². The van der Waals surface area contributed by atoms with Crippen LogP contribution in [0.25, 0.3) is 5.65 Å². The summed E-state index contributed by atoms with van der Waals surface area (Å²) in [6.45, 7) is 0. The van der Waals surface area contributed by atoms with Crippen molar-refractivity contribution in [2.45, 2.75) is 0 Å². The highest BCUT2D eigenvalue weighted by molar-refractivity contribution is 14.1. The standard InChI is InChI=1S/C7H4ClIN2/c8-6-5(9)1-3-11-4-2-10-7(6)11/h1-4H. The van der Waals surface area contributed by atoms with Crippen LogP contribution in [0.2, 0.25) is 5.02 Å². The normalized spacial score (nSPS) is 10.7. The number of pyridine rings is 1. The molecule has 0 radical (unpaired) electrons. The molecule has 0 aliphatic rings. The topological polar surface area (TPSA) is 17.3 Å². The lowest BCUT2D eigenvalue weighted by Crippen LogP contribution is -1.85. The fourth-order valence-electron chi connectivity index (χ4n) is 0.929. The summed E-state index contributed by atoms with van der Waals surface area (Å²) in [5.74, 6) is 0. The number of rotatable bonds is 0. The van der Waals surface area contributed by atoms with Crippen molar-refractivity contribution >= 4 is 39.8 Å². The van der Waals surface area contributed by atoms with E-state index in [4.69, 9.17) is 11.6 Å². The molecule has 0 N–H and O–H groups in total. The molecule has 2 heterocycles. The molecule has 0 amide bonds. The Morgan fingerprint density at radius 3 is 3.09 bits per heavy atom. The van der Waals surface area contributed by atoms with Gasteiger partial charge in [0, 0.05) is 22.2 Å².